The molecule has 0 aliphatic carbocycles. The van der Waals surface area contributed by atoms with Gasteiger partial charge in [-0.1, -0.05) is 16.8 Å². The summed E-state index contributed by atoms with van der Waals surface area (Å²) in [5.74, 6) is -1.48. The van der Waals surface area contributed by atoms with Crippen LogP contribution in [-0.2, 0) is 9.63 Å². The predicted molar refractivity (Wildman–Crippen MR) is 52.6 cm³/mol. The fourth-order valence-electron chi connectivity index (χ4n) is 0.808. The van der Waals surface area contributed by atoms with E-state index < -0.39 is 11.7 Å². The largest absolute Gasteiger partial charge is 0.476 e. The lowest BCUT2D eigenvalue weighted by atomic mass is 10.3. The van der Waals surface area contributed by atoms with Crippen LogP contribution in [0.15, 0.2) is 11.2 Å². The maximum absolute atomic E-state index is 10.7. The van der Waals surface area contributed by atoms with E-state index >= 15 is 0 Å². The second-order valence-corrected chi connectivity index (χ2v) is 2.75. The molecule has 1 aromatic heterocycles. The third kappa shape index (κ3) is 2.78. The maximum Gasteiger partial charge on any atom is 0.361 e. The highest BCUT2D eigenvalue weighted by molar-refractivity contribution is 6.41. The van der Waals surface area contributed by atoms with Crippen molar-refractivity contribution in [3.63, 3.8) is 0 Å². The Kier molecular flexibility index (Phi) is 3.40. The highest BCUT2D eigenvalue weighted by Crippen LogP contribution is 2.09. The molecular formula is C7H7ClN4O3. The first kappa shape index (κ1) is 11.2. The van der Waals surface area contributed by atoms with Gasteiger partial charge in [-0.15, -0.1) is 0 Å². The number of hydrogen-bond donors (Lipinski definition) is 2. The quantitative estimate of drug-likeness (QED) is 0.434. The number of aliphatic carboxylic acids is 1. The molecule has 0 amide bonds. The Labute approximate surface area is 89.5 Å². The lowest BCUT2D eigenvalue weighted by Gasteiger charge is -2.00. The van der Waals surface area contributed by atoms with Crippen LogP contribution in [0.4, 0.5) is 5.82 Å². The standard InChI is InChI=1S/C7H7ClN4O3/c1-15-12-5(7(13)14)6-10-3(8)2-4(9)11-6/h2H,1H3,(H,13,14)(H2,9,10,11)/b12-5-. The zero-order valence-corrected chi connectivity index (χ0v) is 8.39. The number of nitrogens with zero attached hydrogens (tertiary/aromatic N) is 3. The molecule has 0 aliphatic rings. The Hall–Kier alpha value is -1.89. The van der Waals surface area contributed by atoms with E-state index in [0.29, 0.717) is 0 Å². The van der Waals surface area contributed by atoms with Crippen molar-refractivity contribution in [1.29, 1.82) is 0 Å². The summed E-state index contributed by atoms with van der Waals surface area (Å²) < 4.78 is 0. The summed E-state index contributed by atoms with van der Waals surface area (Å²) in [5.41, 5.74) is 4.90. The fraction of sp³-hybridized carbons (Fsp3) is 0.143. The molecule has 0 unspecified atom stereocenters. The fourth-order valence-corrected chi connectivity index (χ4v) is 1.000. The van der Waals surface area contributed by atoms with Gasteiger partial charge in [0.15, 0.2) is 5.82 Å². The number of aromatic nitrogens is 2. The molecule has 0 fully saturated rings. The van der Waals surface area contributed by atoms with Gasteiger partial charge in [0.05, 0.1) is 0 Å². The van der Waals surface area contributed by atoms with Gasteiger partial charge in [0, 0.05) is 6.07 Å². The number of anilines is 1. The molecule has 0 aromatic carbocycles. The van der Waals surface area contributed by atoms with E-state index in [2.05, 4.69) is 20.0 Å². The van der Waals surface area contributed by atoms with Gasteiger partial charge in [0.1, 0.15) is 18.1 Å². The van der Waals surface area contributed by atoms with Gasteiger partial charge in [-0.25, -0.2) is 14.8 Å². The molecule has 1 heterocycles. The van der Waals surface area contributed by atoms with Gasteiger partial charge >= 0.3 is 5.97 Å². The Morgan fingerprint density at radius 2 is 2.33 bits per heavy atom. The number of halogens is 1. The average molecular weight is 231 g/mol. The van der Waals surface area contributed by atoms with Crippen molar-refractivity contribution in [2.75, 3.05) is 12.8 Å². The van der Waals surface area contributed by atoms with Crippen molar-refractivity contribution < 1.29 is 14.7 Å². The summed E-state index contributed by atoms with van der Waals surface area (Å²) >= 11 is 5.58. The molecule has 8 heteroatoms. The zero-order chi connectivity index (χ0) is 11.4. The smallest absolute Gasteiger partial charge is 0.361 e. The average Bonchev–Trinajstić information content (AvgIpc) is 2.11. The first-order valence-electron chi connectivity index (χ1n) is 3.69. The molecule has 0 atom stereocenters. The predicted octanol–water partition coefficient (Wildman–Crippen LogP) is 0.147. The highest BCUT2D eigenvalue weighted by Gasteiger charge is 2.18. The van der Waals surface area contributed by atoms with E-state index in [-0.39, 0.29) is 16.8 Å². The first-order chi connectivity index (χ1) is 7.04. The minimum Gasteiger partial charge on any atom is -0.476 e. The Morgan fingerprint density at radius 3 is 2.80 bits per heavy atom. The van der Waals surface area contributed by atoms with Crippen molar-refractivity contribution in [3.05, 3.63) is 17.0 Å². The number of carboxylic acid groups (broad SMARTS) is 1. The Bertz CT molecular complexity index is 400. The van der Waals surface area contributed by atoms with Crippen LogP contribution in [0, 0.1) is 0 Å². The van der Waals surface area contributed by atoms with Crippen molar-refractivity contribution in [2.24, 2.45) is 5.16 Å². The van der Waals surface area contributed by atoms with Crippen LogP contribution in [0.2, 0.25) is 5.15 Å². The molecule has 7 nitrogen and oxygen atoms in total. The number of hydrogen-bond acceptors (Lipinski definition) is 6. The summed E-state index contributed by atoms with van der Waals surface area (Å²) in [6, 6.07) is 1.29. The van der Waals surface area contributed by atoms with Crippen molar-refractivity contribution in [1.82, 2.24) is 9.97 Å². The van der Waals surface area contributed by atoms with Gasteiger partial charge in [-0.3, -0.25) is 0 Å². The Morgan fingerprint density at radius 1 is 1.67 bits per heavy atom. The van der Waals surface area contributed by atoms with Gasteiger partial charge < -0.3 is 15.7 Å². The van der Waals surface area contributed by atoms with Gasteiger partial charge in [-0.2, -0.15) is 0 Å². The second-order valence-electron chi connectivity index (χ2n) is 2.37. The van der Waals surface area contributed by atoms with Crippen molar-refractivity contribution in [2.45, 2.75) is 0 Å². The third-order valence-corrected chi connectivity index (χ3v) is 1.51. The van der Waals surface area contributed by atoms with Crippen LogP contribution in [0.3, 0.4) is 0 Å². The van der Waals surface area contributed by atoms with E-state index in [0.717, 1.165) is 0 Å². The normalized spacial score (nSPS) is 11.2. The monoisotopic (exact) mass is 230 g/mol. The molecule has 1 aromatic rings. The number of nitrogens with two attached hydrogens (primary N) is 1. The first-order valence-corrected chi connectivity index (χ1v) is 4.07. The third-order valence-electron chi connectivity index (χ3n) is 1.31. The summed E-state index contributed by atoms with van der Waals surface area (Å²) in [4.78, 5) is 22.4. The van der Waals surface area contributed by atoms with E-state index in [4.69, 9.17) is 22.4 Å². The topological polar surface area (TPSA) is 111 Å². The van der Waals surface area contributed by atoms with Crippen LogP contribution in [0.25, 0.3) is 0 Å². The number of oxime groups is 1. The van der Waals surface area contributed by atoms with E-state index in [9.17, 15) is 4.79 Å². The molecule has 15 heavy (non-hydrogen) atoms. The summed E-state index contributed by atoms with van der Waals surface area (Å²) in [7, 11) is 1.21. The number of rotatable bonds is 3. The van der Waals surface area contributed by atoms with Crippen LogP contribution in [-0.4, -0.2) is 33.9 Å². The molecule has 0 aliphatic heterocycles. The minimum absolute atomic E-state index is 0.0301. The molecule has 0 saturated carbocycles. The van der Waals surface area contributed by atoms with Crippen LogP contribution < -0.4 is 5.73 Å². The second kappa shape index (κ2) is 4.56. The molecular weight excluding hydrogens is 224 g/mol. The number of carboxylic acids is 1. The summed E-state index contributed by atoms with van der Waals surface area (Å²) in [6.45, 7) is 0. The SMILES string of the molecule is CO/N=C(\C(=O)O)c1nc(N)cc(Cl)n1. The molecule has 0 radical (unpaired) electrons. The molecule has 1 rings (SSSR count). The molecule has 80 valence electrons. The van der Waals surface area contributed by atoms with Gasteiger partial charge in [-0.05, 0) is 0 Å². The zero-order valence-electron chi connectivity index (χ0n) is 7.64. The minimum atomic E-state index is -1.33. The molecule has 0 saturated heterocycles. The number of carbonyl (C=O) groups is 1. The van der Waals surface area contributed by atoms with E-state index in [1.54, 1.807) is 0 Å². The highest BCUT2D eigenvalue weighted by atomic mass is 35.5. The molecule has 0 spiro atoms. The van der Waals surface area contributed by atoms with Crippen LogP contribution in [0.1, 0.15) is 5.82 Å². The van der Waals surface area contributed by atoms with Gasteiger partial charge in [0.25, 0.3) is 0 Å². The summed E-state index contributed by atoms with van der Waals surface area (Å²) in [5, 5.41) is 12.0. The number of nitrogen functional groups attached to an aromatic ring is 1. The van der Waals surface area contributed by atoms with Crippen molar-refractivity contribution in [3.8, 4) is 0 Å². The lowest BCUT2D eigenvalue weighted by Crippen LogP contribution is -2.19. The van der Waals surface area contributed by atoms with Crippen molar-refractivity contribution >= 4 is 29.1 Å². The molecule has 0 bridgehead atoms. The Balaban J connectivity index is 3.23. The summed E-state index contributed by atoms with van der Waals surface area (Å²) in [6.07, 6.45) is 0. The van der Waals surface area contributed by atoms with Crippen LogP contribution >= 0.6 is 11.6 Å². The van der Waals surface area contributed by atoms with E-state index in [1.807, 2.05) is 0 Å². The van der Waals surface area contributed by atoms with E-state index in [1.165, 1.54) is 13.2 Å². The lowest BCUT2D eigenvalue weighted by molar-refractivity contribution is -0.129. The maximum atomic E-state index is 10.7. The van der Waals surface area contributed by atoms with Gasteiger partial charge in [0.2, 0.25) is 5.71 Å². The molecule has 3 N–H and O–H groups in total. The van der Waals surface area contributed by atoms with Crippen LogP contribution in [0.5, 0.6) is 0 Å².